The molecule has 4 aliphatic rings. The molecule has 3 unspecified atom stereocenters. The van der Waals surface area contributed by atoms with E-state index in [-0.39, 0.29) is 42.1 Å². The largest absolute Gasteiger partial charge is 0.511 e. The molecule has 10 nitrogen and oxygen atoms in total. The van der Waals surface area contributed by atoms with Crippen LogP contribution in [0, 0.1) is 23.7 Å². The first-order valence-electron chi connectivity index (χ1n) is 13.4. The molecule has 1 saturated heterocycles. The van der Waals surface area contributed by atoms with Crippen molar-refractivity contribution in [1.82, 2.24) is 9.80 Å². The van der Waals surface area contributed by atoms with Crippen LogP contribution in [-0.4, -0.2) is 88.1 Å². The zero-order valence-electron chi connectivity index (χ0n) is 22.4. The molecule has 4 atom stereocenters. The summed E-state index contributed by atoms with van der Waals surface area (Å²) in [5, 5.41) is 32.9. The number of Topliss-reactive ketones (excluding diaryl/α,β-unsaturated/α-hetero) is 3. The number of carbonyl (C=O) groups is 4. The van der Waals surface area contributed by atoms with E-state index in [1.807, 2.05) is 0 Å². The predicted molar refractivity (Wildman–Crippen MR) is 141 cm³/mol. The van der Waals surface area contributed by atoms with Gasteiger partial charge in [-0.05, 0) is 88.3 Å². The second-order valence-electron chi connectivity index (χ2n) is 11.7. The standard InChI is InChI=1S/C29H35N3O7/c1-13-6-8-32(9-7-13)12-19(34)15-4-5-18(33)21-16(15)10-14-11-17-22(26(36)20(14)25(21)35)27(37)23(29(30)39)28(38)24(17)31(2)3/h4-5,13-14,17,22,24,33,36,38H,6-12H2,1-3H3,(H2,30,39)/t14?,17?,22?,24-/m0/s1. The van der Waals surface area contributed by atoms with E-state index in [1.54, 1.807) is 25.1 Å². The Labute approximate surface area is 226 Å². The molecule has 5 N–H and O–H groups in total. The molecule has 0 saturated carbocycles. The van der Waals surface area contributed by atoms with E-state index in [2.05, 4.69) is 11.8 Å². The van der Waals surface area contributed by atoms with Gasteiger partial charge < -0.3 is 21.1 Å². The molecule has 0 radical (unpaired) electrons. The van der Waals surface area contributed by atoms with Gasteiger partial charge in [0.15, 0.2) is 17.3 Å². The van der Waals surface area contributed by atoms with Gasteiger partial charge in [0.25, 0.3) is 5.91 Å². The summed E-state index contributed by atoms with van der Waals surface area (Å²) in [5.41, 5.74) is 5.61. The highest BCUT2D eigenvalue weighted by atomic mass is 16.3. The molecular weight excluding hydrogens is 502 g/mol. The van der Waals surface area contributed by atoms with Gasteiger partial charge in [0.1, 0.15) is 22.8 Å². The smallest absolute Gasteiger partial charge is 0.255 e. The fourth-order valence-corrected chi connectivity index (χ4v) is 7.04. The van der Waals surface area contributed by atoms with Gasteiger partial charge in [0, 0.05) is 11.1 Å². The van der Waals surface area contributed by atoms with Crippen molar-refractivity contribution >= 4 is 23.3 Å². The van der Waals surface area contributed by atoms with Crippen LogP contribution in [0.5, 0.6) is 5.75 Å². The number of primary amides is 1. The van der Waals surface area contributed by atoms with Gasteiger partial charge in [-0.2, -0.15) is 0 Å². The van der Waals surface area contributed by atoms with E-state index in [4.69, 9.17) is 5.73 Å². The minimum atomic E-state index is -1.24. The third kappa shape index (κ3) is 4.35. The predicted octanol–water partition coefficient (Wildman–Crippen LogP) is 1.92. The highest BCUT2D eigenvalue weighted by molar-refractivity contribution is 6.22. The number of nitrogens with two attached hydrogens (primary N) is 1. The molecule has 0 aromatic heterocycles. The number of allylic oxidation sites excluding steroid dienone is 2. The number of likely N-dealkylation sites (N-methyl/N-ethyl adjacent to an activating group) is 1. The molecule has 10 heteroatoms. The number of aliphatic hydroxyl groups excluding tert-OH is 2. The molecule has 1 aromatic rings. The summed E-state index contributed by atoms with van der Waals surface area (Å²) in [6.45, 7) is 4.06. The second-order valence-corrected chi connectivity index (χ2v) is 11.7. The van der Waals surface area contributed by atoms with Gasteiger partial charge in [-0.25, -0.2) is 0 Å². The minimum absolute atomic E-state index is 0.00438. The van der Waals surface area contributed by atoms with E-state index < -0.39 is 58.4 Å². The van der Waals surface area contributed by atoms with Crippen LogP contribution < -0.4 is 5.73 Å². The number of amides is 1. The lowest BCUT2D eigenvalue weighted by molar-refractivity contribution is -0.127. The van der Waals surface area contributed by atoms with Gasteiger partial charge in [0.2, 0.25) is 0 Å². The number of phenols is 1. The molecule has 1 aliphatic heterocycles. The fourth-order valence-electron chi connectivity index (χ4n) is 7.04. The molecule has 1 fully saturated rings. The van der Waals surface area contributed by atoms with Crippen LogP contribution in [-0.2, 0) is 16.0 Å². The first-order valence-corrected chi connectivity index (χ1v) is 13.4. The molecule has 1 amide bonds. The number of hydrogen-bond donors (Lipinski definition) is 4. The quantitative estimate of drug-likeness (QED) is 0.325. The van der Waals surface area contributed by atoms with Gasteiger partial charge in [-0.15, -0.1) is 0 Å². The fraction of sp³-hybridized carbons (Fsp3) is 0.517. The molecule has 1 heterocycles. The Balaban J connectivity index is 1.55. The third-order valence-corrected chi connectivity index (χ3v) is 8.99. The van der Waals surface area contributed by atoms with Crippen LogP contribution in [0.3, 0.4) is 0 Å². The average Bonchev–Trinajstić information content (AvgIpc) is 2.84. The van der Waals surface area contributed by atoms with E-state index in [1.165, 1.54) is 6.07 Å². The minimum Gasteiger partial charge on any atom is -0.511 e. The number of fused-ring (bicyclic) bond motifs is 3. The number of hydrogen-bond acceptors (Lipinski definition) is 9. The molecule has 0 spiro atoms. The number of piperidine rings is 1. The van der Waals surface area contributed by atoms with Crippen molar-refractivity contribution in [3.05, 3.63) is 51.5 Å². The zero-order valence-corrected chi connectivity index (χ0v) is 22.4. The molecule has 3 aliphatic carbocycles. The lowest BCUT2D eigenvalue weighted by Gasteiger charge is -2.46. The summed E-state index contributed by atoms with van der Waals surface area (Å²) < 4.78 is 0. The maximum Gasteiger partial charge on any atom is 0.255 e. The van der Waals surface area contributed by atoms with Crippen molar-refractivity contribution in [3.8, 4) is 5.75 Å². The van der Waals surface area contributed by atoms with Crippen LogP contribution in [0.2, 0.25) is 0 Å². The van der Waals surface area contributed by atoms with Crippen LogP contribution in [0.25, 0.3) is 0 Å². The van der Waals surface area contributed by atoms with Gasteiger partial charge in [-0.3, -0.25) is 29.0 Å². The molecule has 0 bridgehead atoms. The Bertz CT molecular complexity index is 1340. The summed E-state index contributed by atoms with van der Waals surface area (Å²) in [6, 6.07) is 2.09. The van der Waals surface area contributed by atoms with E-state index in [0.717, 1.165) is 25.9 Å². The summed E-state index contributed by atoms with van der Waals surface area (Å²) in [6.07, 6.45) is 2.48. The number of benzene rings is 1. The number of aromatic hydroxyl groups is 1. The summed E-state index contributed by atoms with van der Waals surface area (Å²) >= 11 is 0. The topological polar surface area (TPSA) is 161 Å². The number of likely N-dealkylation sites (tertiary alicyclic amines) is 1. The third-order valence-electron chi connectivity index (χ3n) is 8.99. The Morgan fingerprint density at radius 2 is 1.74 bits per heavy atom. The van der Waals surface area contributed by atoms with E-state index in [9.17, 15) is 34.5 Å². The van der Waals surface area contributed by atoms with Crippen LogP contribution in [0.15, 0.2) is 34.8 Å². The van der Waals surface area contributed by atoms with Crippen molar-refractivity contribution in [2.45, 2.75) is 38.6 Å². The number of ketones is 3. The molecule has 208 valence electrons. The van der Waals surface area contributed by atoms with Gasteiger partial charge >= 0.3 is 0 Å². The summed E-state index contributed by atoms with van der Waals surface area (Å²) in [4.78, 5) is 56.3. The molecular formula is C29H35N3O7. The van der Waals surface area contributed by atoms with Crippen LogP contribution in [0.1, 0.15) is 52.5 Å². The Morgan fingerprint density at radius 3 is 2.36 bits per heavy atom. The maximum atomic E-state index is 13.8. The van der Waals surface area contributed by atoms with Crippen molar-refractivity contribution in [3.63, 3.8) is 0 Å². The number of aliphatic hydroxyl groups is 2. The SMILES string of the molecule is CC1CCN(CC(=O)c2ccc(O)c3c2CC2CC4C(C(=O)C(C(N)=O)=C(O)[C@H]4N(C)C)C(O)=C2C3=O)CC1. The number of phenolic OH excluding ortho intramolecular Hbond substituents is 1. The lowest BCUT2D eigenvalue weighted by Crippen LogP contribution is -2.53. The number of rotatable bonds is 5. The number of nitrogens with zero attached hydrogens (tertiary/aromatic N) is 2. The molecule has 5 rings (SSSR count). The highest BCUT2D eigenvalue weighted by Gasteiger charge is 2.54. The first-order chi connectivity index (χ1) is 18.4. The van der Waals surface area contributed by atoms with Crippen molar-refractivity contribution in [2.24, 2.45) is 29.4 Å². The first kappa shape index (κ1) is 27.1. The van der Waals surface area contributed by atoms with E-state index in [0.29, 0.717) is 17.0 Å². The zero-order chi connectivity index (χ0) is 28.3. The summed E-state index contributed by atoms with van der Waals surface area (Å²) in [7, 11) is 3.36. The average molecular weight is 538 g/mol. The molecule has 1 aromatic carbocycles. The van der Waals surface area contributed by atoms with Crippen molar-refractivity contribution < 1.29 is 34.5 Å². The summed E-state index contributed by atoms with van der Waals surface area (Å²) in [5.74, 6) is -5.70. The van der Waals surface area contributed by atoms with Gasteiger partial charge in [0.05, 0.1) is 24.1 Å². The van der Waals surface area contributed by atoms with Crippen molar-refractivity contribution in [2.75, 3.05) is 33.7 Å². The maximum absolute atomic E-state index is 13.8. The Kier molecular flexibility index (Phi) is 6.88. The van der Waals surface area contributed by atoms with Crippen LogP contribution >= 0.6 is 0 Å². The van der Waals surface area contributed by atoms with Crippen LogP contribution in [0.4, 0.5) is 0 Å². The van der Waals surface area contributed by atoms with Crippen molar-refractivity contribution in [1.29, 1.82) is 0 Å². The van der Waals surface area contributed by atoms with E-state index >= 15 is 0 Å². The second kappa shape index (κ2) is 9.91. The normalized spacial score (nSPS) is 27.9. The number of carbonyl (C=O) groups excluding carboxylic acids is 4. The molecule has 39 heavy (non-hydrogen) atoms. The monoisotopic (exact) mass is 537 g/mol. The highest BCUT2D eigenvalue weighted by Crippen LogP contribution is 2.50. The Hall–Kier alpha value is -3.50. The van der Waals surface area contributed by atoms with Gasteiger partial charge in [-0.1, -0.05) is 6.92 Å². The Morgan fingerprint density at radius 1 is 1.08 bits per heavy atom. The lowest BCUT2D eigenvalue weighted by atomic mass is 9.60.